The van der Waals surface area contributed by atoms with Crippen molar-refractivity contribution < 1.29 is 18.1 Å². The van der Waals surface area contributed by atoms with Gasteiger partial charge in [-0.3, -0.25) is 28.7 Å². The number of nitrogens with two attached hydrogens (primary N) is 2. The molecular formula is C68H56BClF2N14O4. The van der Waals surface area contributed by atoms with Crippen molar-refractivity contribution in [2.75, 3.05) is 22.1 Å². The van der Waals surface area contributed by atoms with Crippen molar-refractivity contribution in [3.05, 3.63) is 254 Å². The van der Waals surface area contributed by atoms with Crippen LogP contribution in [-0.4, -0.2) is 57.4 Å². The Morgan fingerprint density at radius 2 is 1.01 bits per heavy atom. The number of nitrogens with one attached hydrogen (secondary N) is 2. The Balaban J connectivity index is 0.000000148. The highest BCUT2D eigenvalue weighted by atomic mass is 35.5. The number of aromatic nitrogens is 8. The maximum Gasteiger partial charge on any atom is 0.496 e. The van der Waals surface area contributed by atoms with Gasteiger partial charge in [-0.25, -0.2) is 38.4 Å². The topological polar surface area (TPSA) is 225 Å². The number of hydrogen-bond donors (Lipinski definition) is 4. The predicted molar refractivity (Wildman–Crippen MR) is 352 cm³/mol. The smallest absolute Gasteiger partial charge is 0.399 e. The summed E-state index contributed by atoms with van der Waals surface area (Å²) in [7, 11) is -0.345. The number of halogens is 3. The number of fused-ring (bicyclic) bond motifs is 4. The number of nitrogen functional groups attached to an aromatic ring is 2. The summed E-state index contributed by atoms with van der Waals surface area (Å²) in [6.45, 7) is 26.6. The summed E-state index contributed by atoms with van der Waals surface area (Å²) in [5.41, 5.74) is 16.6. The Bertz CT molecular complexity index is 4980. The van der Waals surface area contributed by atoms with Gasteiger partial charge < -0.3 is 31.4 Å². The van der Waals surface area contributed by atoms with Crippen molar-refractivity contribution in [3.63, 3.8) is 0 Å². The molecule has 6 aromatic carbocycles. The van der Waals surface area contributed by atoms with Gasteiger partial charge in [-0.2, -0.15) is 0 Å². The van der Waals surface area contributed by atoms with Gasteiger partial charge >= 0.3 is 7.12 Å². The molecule has 7 heterocycles. The summed E-state index contributed by atoms with van der Waals surface area (Å²) >= 11 is 6.30. The summed E-state index contributed by atoms with van der Waals surface area (Å²) in [6.07, 6.45) is 6.26. The molecule has 2 atom stereocenters. The van der Waals surface area contributed by atoms with E-state index in [1.807, 2.05) is 85.9 Å². The molecule has 13 rings (SSSR count). The van der Waals surface area contributed by atoms with E-state index in [0.717, 1.165) is 38.4 Å². The molecule has 0 saturated carbocycles. The van der Waals surface area contributed by atoms with Crippen LogP contribution in [0.15, 0.2) is 192 Å². The van der Waals surface area contributed by atoms with Crippen LogP contribution in [0.5, 0.6) is 0 Å². The lowest BCUT2D eigenvalue weighted by molar-refractivity contribution is 0.00578. The van der Waals surface area contributed by atoms with Gasteiger partial charge in [0.1, 0.15) is 23.3 Å². The zero-order chi connectivity index (χ0) is 63.6. The number of benzene rings is 6. The Morgan fingerprint density at radius 3 is 1.53 bits per heavy atom. The normalized spacial score (nSPS) is 13.7. The van der Waals surface area contributed by atoms with Crippen LogP contribution in [0.3, 0.4) is 0 Å². The summed E-state index contributed by atoms with van der Waals surface area (Å²) < 4.78 is 43.4. The van der Waals surface area contributed by atoms with Gasteiger partial charge in [-0.15, -0.1) is 0 Å². The third-order valence-corrected chi connectivity index (χ3v) is 16.0. The van der Waals surface area contributed by atoms with Gasteiger partial charge in [0, 0.05) is 52.6 Å². The SMILES string of the molecule is CC1(C)OB(c2cnc3ccccc3c2)OC1(C)C.[C-]#[N+]c1cnc(N)nc1N[C@@H](C)c1cc2cccc(-c3cnc4ccccc4c3)c2c(=O)n1-c1cccc(F)c1.[C-]#[N+]c1cnc(N)nc1N[C@@H](C)c1cc2cccc(Cl)c2c(=O)n1-c1cccc(F)c1. The van der Waals surface area contributed by atoms with Crippen molar-refractivity contribution in [1.82, 2.24) is 39.0 Å². The van der Waals surface area contributed by atoms with E-state index in [0.29, 0.717) is 49.3 Å². The summed E-state index contributed by atoms with van der Waals surface area (Å²) in [5.74, 6) is -0.452. The fraction of sp³-hybridized carbons (Fsp3) is 0.147. The number of nitrogens with zero attached hydrogens (tertiary/aromatic N) is 10. The first-order valence-electron chi connectivity index (χ1n) is 28.3. The van der Waals surface area contributed by atoms with Crippen molar-refractivity contribution in [2.24, 2.45) is 0 Å². The Kier molecular flexibility index (Phi) is 16.9. The lowest BCUT2D eigenvalue weighted by atomic mass is 9.80. The van der Waals surface area contributed by atoms with Gasteiger partial charge in [0.2, 0.25) is 23.3 Å². The number of anilines is 4. The molecule has 1 saturated heterocycles. The molecule has 0 spiro atoms. The highest BCUT2D eigenvalue weighted by Gasteiger charge is 2.52. The van der Waals surface area contributed by atoms with Crippen LogP contribution in [0.4, 0.5) is 43.7 Å². The van der Waals surface area contributed by atoms with Crippen LogP contribution < -0.4 is 38.7 Å². The number of para-hydroxylation sites is 2. The van der Waals surface area contributed by atoms with E-state index < -0.39 is 23.7 Å². The summed E-state index contributed by atoms with van der Waals surface area (Å²) in [5, 5.41) is 10.8. The quantitative estimate of drug-likeness (QED) is 0.0738. The third-order valence-electron chi connectivity index (χ3n) is 15.7. The Labute approximate surface area is 520 Å². The van der Waals surface area contributed by atoms with E-state index >= 15 is 0 Å². The monoisotopic (exact) mass is 1220 g/mol. The van der Waals surface area contributed by atoms with Crippen LogP contribution in [0.25, 0.3) is 75.5 Å². The first kappa shape index (κ1) is 60.7. The van der Waals surface area contributed by atoms with E-state index in [1.54, 1.807) is 55.6 Å². The minimum Gasteiger partial charge on any atom is -0.399 e. The second-order valence-corrected chi connectivity index (χ2v) is 22.6. The van der Waals surface area contributed by atoms with Crippen LogP contribution in [-0.2, 0) is 9.31 Å². The molecule has 0 unspecified atom stereocenters. The lowest BCUT2D eigenvalue weighted by Crippen LogP contribution is -2.41. The van der Waals surface area contributed by atoms with E-state index in [4.69, 9.17) is 45.5 Å². The largest absolute Gasteiger partial charge is 0.496 e. The zero-order valence-electron chi connectivity index (χ0n) is 49.4. The highest BCUT2D eigenvalue weighted by Crippen LogP contribution is 2.38. The van der Waals surface area contributed by atoms with Crippen molar-refractivity contribution in [2.45, 2.75) is 64.8 Å². The molecule has 1 fully saturated rings. The Morgan fingerprint density at radius 1 is 0.556 bits per heavy atom. The molecule has 1 aliphatic rings. The molecule has 0 amide bonds. The first-order valence-corrected chi connectivity index (χ1v) is 28.7. The predicted octanol–water partition coefficient (Wildman–Crippen LogP) is 13.9. The molecule has 0 bridgehead atoms. The Hall–Kier alpha value is -11.0. The average molecular weight is 1220 g/mol. The van der Waals surface area contributed by atoms with E-state index in [2.05, 4.69) is 90.1 Å². The molecule has 12 aromatic rings. The fourth-order valence-corrected chi connectivity index (χ4v) is 10.8. The third kappa shape index (κ3) is 12.3. The second kappa shape index (κ2) is 25.0. The van der Waals surface area contributed by atoms with Crippen molar-refractivity contribution in [3.8, 4) is 22.5 Å². The fourth-order valence-electron chi connectivity index (χ4n) is 10.5. The summed E-state index contributed by atoms with van der Waals surface area (Å²) in [6, 6.07) is 45.0. The number of hydrogen-bond acceptors (Lipinski definition) is 14. The maximum absolute atomic E-state index is 14.4. The summed E-state index contributed by atoms with van der Waals surface area (Å²) in [4.78, 5) is 59.7. The zero-order valence-corrected chi connectivity index (χ0v) is 50.2. The van der Waals surface area contributed by atoms with Crippen molar-refractivity contribution in [1.29, 1.82) is 0 Å². The van der Waals surface area contributed by atoms with Gasteiger partial charge in [0.05, 0.1) is 74.6 Å². The van der Waals surface area contributed by atoms with Gasteiger partial charge in [0.15, 0.2) is 0 Å². The molecule has 6 aromatic heterocycles. The van der Waals surface area contributed by atoms with Gasteiger partial charge in [0.25, 0.3) is 11.1 Å². The average Bonchev–Trinajstić information content (AvgIpc) is 1.02. The van der Waals surface area contributed by atoms with Crippen LogP contribution >= 0.6 is 11.6 Å². The molecule has 90 heavy (non-hydrogen) atoms. The van der Waals surface area contributed by atoms with Crippen LogP contribution in [0.2, 0.25) is 5.02 Å². The molecule has 0 aliphatic carbocycles. The van der Waals surface area contributed by atoms with E-state index in [9.17, 15) is 18.4 Å². The van der Waals surface area contributed by atoms with E-state index in [-0.39, 0.29) is 64.3 Å². The minimum atomic E-state index is -0.527. The van der Waals surface area contributed by atoms with Crippen LogP contribution in [0, 0.1) is 24.8 Å². The van der Waals surface area contributed by atoms with Gasteiger partial charge in [-0.1, -0.05) is 96.5 Å². The maximum atomic E-state index is 14.4. The van der Waals surface area contributed by atoms with E-state index in [1.165, 1.54) is 51.9 Å². The number of pyridine rings is 4. The number of rotatable bonds is 10. The molecule has 0 radical (unpaired) electrons. The first-order chi connectivity index (χ1) is 43.2. The standard InChI is InChI=1S/C31H22FN7O.C22H16ClFN6O.C15H18BNO2/c1-18(37-29-26(34-2)17-36-31(33)38-29)27-14-20-8-5-11-24(21-13-19-7-3-4-12-25(19)35-16-21)28(20)30(40)39(27)23-10-6-9-22(32)15-23;1-12(28-20-17(26-2)11-27-22(25)29-20)18-9-13-5-3-8-16(23)19(13)21(31)30(18)15-7-4-6-14(24)10-15;1-14(2)15(3,4)19-16(18-14)12-9-11-7-5-6-8-13(11)17-10-12/h3-18H,1H3,(H3,33,36,37,38);3-12H,1H3,(H3,25,27,28,29);5-10H,1-4H3/t18-;12-;/m00./s1. The molecular weight excluding hydrogens is 1160 g/mol. The lowest BCUT2D eigenvalue weighted by Gasteiger charge is -2.32. The molecule has 18 nitrogen and oxygen atoms in total. The molecule has 1 aliphatic heterocycles. The van der Waals surface area contributed by atoms with Crippen molar-refractivity contribution >= 4 is 102 Å². The highest BCUT2D eigenvalue weighted by molar-refractivity contribution is 6.62. The molecule has 446 valence electrons. The molecule has 6 N–H and O–H groups in total. The minimum absolute atomic E-state index is 0.00918. The van der Waals surface area contributed by atoms with Gasteiger partial charge in [-0.05, 0) is 136 Å². The second-order valence-electron chi connectivity index (χ2n) is 22.2. The molecule has 22 heteroatoms. The van der Waals surface area contributed by atoms with Crippen LogP contribution in [0.1, 0.15) is 65.0 Å².